The number of benzene rings is 1. The van der Waals surface area contributed by atoms with Gasteiger partial charge in [-0.3, -0.25) is 4.68 Å². The van der Waals surface area contributed by atoms with Gasteiger partial charge in [0.1, 0.15) is 9.71 Å². The van der Waals surface area contributed by atoms with E-state index < -0.39 is 0 Å². The Labute approximate surface area is 127 Å². The van der Waals surface area contributed by atoms with Crippen molar-refractivity contribution in [2.75, 3.05) is 7.11 Å². The van der Waals surface area contributed by atoms with Gasteiger partial charge < -0.3 is 4.74 Å². The highest BCUT2D eigenvalue weighted by Crippen LogP contribution is 2.29. The third-order valence-corrected chi connectivity index (χ3v) is 4.58. The van der Waals surface area contributed by atoms with E-state index in [0.717, 1.165) is 15.9 Å². The van der Waals surface area contributed by atoms with Crippen LogP contribution >= 0.6 is 11.3 Å². The predicted molar refractivity (Wildman–Crippen MR) is 84.0 cm³/mol. The lowest BCUT2D eigenvalue weighted by molar-refractivity contribution is 0.0606. The van der Waals surface area contributed by atoms with Crippen molar-refractivity contribution in [3.8, 4) is 0 Å². The molecule has 21 heavy (non-hydrogen) atoms. The minimum absolute atomic E-state index is 0.294. The highest BCUT2D eigenvalue weighted by atomic mass is 32.1. The van der Waals surface area contributed by atoms with Crippen LogP contribution in [0.15, 0.2) is 30.3 Å². The van der Waals surface area contributed by atoms with Crippen molar-refractivity contribution >= 4 is 27.5 Å². The third kappa shape index (κ3) is 2.56. The van der Waals surface area contributed by atoms with Gasteiger partial charge in [-0.15, -0.1) is 11.3 Å². The minimum Gasteiger partial charge on any atom is -0.465 e. The van der Waals surface area contributed by atoms with Crippen LogP contribution in [0.1, 0.15) is 26.5 Å². The van der Waals surface area contributed by atoms with Gasteiger partial charge in [-0.1, -0.05) is 29.8 Å². The molecule has 2 aromatic heterocycles. The summed E-state index contributed by atoms with van der Waals surface area (Å²) < 4.78 is 6.74. The first kappa shape index (κ1) is 13.8. The van der Waals surface area contributed by atoms with Gasteiger partial charge in [-0.05, 0) is 25.5 Å². The molecule has 4 nitrogen and oxygen atoms in total. The van der Waals surface area contributed by atoms with Crippen LogP contribution in [-0.4, -0.2) is 22.9 Å². The maximum absolute atomic E-state index is 11.7. The molecule has 2 heterocycles. The largest absolute Gasteiger partial charge is 0.465 e. The van der Waals surface area contributed by atoms with Crippen LogP contribution in [0.25, 0.3) is 10.2 Å². The van der Waals surface area contributed by atoms with Crippen molar-refractivity contribution in [2.45, 2.75) is 20.4 Å². The number of methoxy groups -OCH3 is 1. The Bertz CT molecular complexity index is 800. The van der Waals surface area contributed by atoms with Gasteiger partial charge in [0.2, 0.25) is 0 Å². The van der Waals surface area contributed by atoms with Gasteiger partial charge in [0.25, 0.3) is 0 Å². The van der Waals surface area contributed by atoms with E-state index in [0.29, 0.717) is 11.4 Å². The zero-order valence-corrected chi connectivity index (χ0v) is 13.0. The zero-order valence-electron chi connectivity index (χ0n) is 12.2. The Morgan fingerprint density at radius 2 is 2.00 bits per heavy atom. The molecule has 3 rings (SSSR count). The smallest absolute Gasteiger partial charge is 0.348 e. The third-order valence-electron chi connectivity index (χ3n) is 3.45. The maximum atomic E-state index is 11.7. The van der Waals surface area contributed by atoms with Gasteiger partial charge in [0, 0.05) is 5.39 Å². The summed E-state index contributed by atoms with van der Waals surface area (Å²) in [5, 5.41) is 5.59. The molecule has 0 amide bonds. The highest BCUT2D eigenvalue weighted by molar-refractivity contribution is 7.20. The first-order chi connectivity index (χ1) is 10.1. The molecule has 5 heteroatoms. The second-order valence-corrected chi connectivity index (χ2v) is 6.08. The molecule has 0 radical (unpaired) electrons. The number of aryl methyl sites for hydroxylation is 2. The van der Waals surface area contributed by atoms with Crippen LogP contribution in [0.5, 0.6) is 0 Å². The number of ether oxygens (including phenoxy) is 1. The Balaban J connectivity index is 2.00. The van der Waals surface area contributed by atoms with Crippen LogP contribution in [0, 0.1) is 13.8 Å². The number of fused-ring (bicyclic) bond motifs is 1. The molecule has 3 aromatic rings. The van der Waals surface area contributed by atoms with E-state index in [1.807, 2.05) is 17.7 Å². The van der Waals surface area contributed by atoms with Crippen molar-refractivity contribution in [3.05, 3.63) is 52.0 Å². The molecule has 1 aromatic carbocycles. The highest BCUT2D eigenvalue weighted by Gasteiger charge is 2.16. The first-order valence-corrected chi connectivity index (χ1v) is 7.51. The van der Waals surface area contributed by atoms with Crippen molar-refractivity contribution in [1.82, 2.24) is 9.78 Å². The van der Waals surface area contributed by atoms with Crippen molar-refractivity contribution in [1.29, 1.82) is 0 Å². The molecule has 0 spiro atoms. The summed E-state index contributed by atoms with van der Waals surface area (Å²) in [7, 11) is 1.40. The molecule has 108 valence electrons. The minimum atomic E-state index is -0.294. The monoisotopic (exact) mass is 300 g/mol. The number of carbonyl (C=O) groups excluding carboxylic acids is 1. The molecule has 0 N–H and O–H groups in total. The fourth-order valence-electron chi connectivity index (χ4n) is 2.29. The molecule has 0 saturated heterocycles. The van der Waals surface area contributed by atoms with E-state index in [-0.39, 0.29) is 5.97 Å². The topological polar surface area (TPSA) is 44.1 Å². The Hall–Kier alpha value is -2.14. The zero-order chi connectivity index (χ0) is 15.0. The first-order valence-electron chi connectivity index (χ1n) is 6.69. The van der Waals surface area contributed by atoms with Crippen molar-refractivity contribution < 1.29 is 9.53 Å². The average molecular weight is 300 g/mol. The summed E-state index contributed by atoms with van der Waals surface area (Å²) in [6, 6.07) is 10.3. The lowest BCUT2D eigenvalue weighted by atomic mass is 10.1. The number of thiophene rings is 1. The Morgan fingerprint density at radius 3 is 2.67 bits per heavy atom. The molecule has 0 aliphatic heterocycles. The van der Waals surface area contributed by atoms with Crippen molar-refractivity contribution in [2.24, 2.45) is 0 Å². The number of aromatic nitrogens is 2. The van der Waals surface area contributed by atoms with Gasteiger partial charge in [0.05, 0.1) is 19.3 Å². The summed E-state index contributed by atoms with van der Waals surface area (Å²) in [6.07, 6.45) is 0. The van der Waals surface area contributed by atoms with E-state index in [2.05, 4.69) is 36.3 Å². The van der Waals surface area contributed by atoms with Crippen LogP contribution in [0.2, 0.25) is 0 Å². The number of hydrogen-bond acceptors (Lipinski definition) is 4. The number of esters is 1. The van der Waals surface area contributed by atoms with Crippen LogP contribution in [0.4, 0.5) is 0 Å². The van der Waals surface area contributed by atoms with Crippen LogP contribution < -0.4 is 0 Å². The maximum Gasteiger partial charge on any atom is 0.348 e. The second kappa shape index (κ2) is 5.33. The predicted octanol–water partition coefficient (Wildman–Crippen LogP) is 3.55. The molecule has 0 aliphatic carbocycles. The summed E-state index contributed by atoms with van der Waals surface area (Å²) in [6.45, 7) is 4.73. The normalized spacial score (nSPS) is 11.0. The second-order valence-electron chi connectivity index (χ2n) is 5.05. The average Bonchev–Trinajstić information content (AvgIpc) is 3.03. The lowest BCUT2D eigenvalue weighted by Crippen LogP contribution is -2.01. The number of carbonyl (C=O) groups is 1. The molecular formula is C16H16N2O2S. The molecule has 0 unspecified atom stereocenters. The molecule has 0 atom stereocenters. The molecule has 0 aliphatic rings. The molecule has 0 saturated carbocycles. The number of rotatable bonds is 3. The van der Waals surface area contributed by atoms with Gasteiger partial charge in [-0.2, -0.15) is 5.10 Å². The Kier molecular flexibility index (Phi) is 3.51. The van der Waals surface area contributed by atoms with E-state index in [9.17, 15) is 4.79 Å². The molecular weight excluding hydrogens is 284 g/mol. The van der Waals surface area contributed by atoms with Gasteiger partial charge in [-0.25, -0.2) is 4.79 Å². The standard InChI is InChI=1S/C16H16N2O2S/c1-10-4-6-12(7-5-10)9-18-15-13(11(2)17-18)8-14(21-15)16(19)20-3/h4-8H,9H2,1-3H3. The fraction of sp³-hybridized carbons (Fsp3) is 0.250. The van der Waals surface area contributed by atoms with Gasteiger partial charge >= 0.3 is 5.97 Å². The quantitative estimate of drug-likeness (QED) is 0.695. The van der Waals surface area contributed by atoms with Crippen LogP contribution in [-0.2, 0) is 11.3 Å². The fourth-order valence-corrected chi connectivity index (χ4v) is 3.37. The van der Waals surface area contributed by atoms with E-state index in [1.165, 1.54) is 29.6 Å². The Morgan fingerprint density at radius 1 is 1.29 bits per heavy atom. The summed E-state index contributed by atoms with van der Waals surface area (Å²) in [4.78, 5) is 13.3. The van der Waals surface area contributed by atoms with Crippen LogP contribution in [0.3, 0.4) is 0 Å². The molecule has 0 fully saturated rings. The van der Waals surface area contributed by atoms with E-state index >= 15 is 0 Å². The number of nitrogens with zero attached hydrogens (tertiary/aromatic N) is 2. The van der Waals surface area contributed by atoms with E-state index in [1.54, 1.807) is 0 Å². The van der Waals surface area contributed by atoms with Gasteiger partial charge in [0.15, 0.2) is 0 Å². The number of hydrogen-bond donors (Lipinski definition) is 0. The lowest BCUT2D eigenvalue weighted by Gasteiger charge is -2.03. The molecule has 0 bridgehead atoms. The van der Waals surface area contributed by atoms with Crippen molar-refractivity contribution in [3.63, 3.8) is 0 Å². The summed E-state index contributed by atoms with van der Waals surface area (Å²) >= 11 is 1.43. The summed E-state index contributed by atoms with van der Waals surface area (Å²) in [5.41, 5.74) is 3.37. The van der Waals surface area contributed by atoms with E-state index in [4.69, 9.17) is 4.74 Å². The SMILES string of the molecule is COC(=O)c1cc2c(C)nn(Cc3ccc(C)cc3)c2s1. The summed E-state index contributed by atoms with van der Waals surface area (Å²) in [5.74, 6) is -0.294.